The molecule has 68 valence electrons. The standard InChI is InChI=1S/C10H7N3O/c11-5-8-3-1-2-4-9(8)13-6-10(14)12-7-13/h1-4,7H,6H2. The molecule has 0 fully saturated rings. The van der Waals surface area contributed by atoms with Gasteiger partial charge in [-0.2, -0.15) is 5.26 Å². The van der Waals surface area contributed by atoms with Gasteiger partial charge in [0.1, 0.15) is 12.6 Å². The molecule has 0 N–H and O–H groups in total. The Balaban J connectivity index is 2.38. The minimum Gasteiger partial charge on any atom is -0.322 e. The molecule has 4 nitrogen and oxygen atoms in total. The predicted molar refractivity (Wildman–Crippen MR) is 52.0 cm³/mol. The molecule has 0 unspecified atom stereocenters. The average molecular weight is 185 g/mol. The number of rotatable bonds is 1. The van der Waals surface area contributed by atoms with Gasteiger partial charge in [0, 0.05) is 0 Å². The summed E-state index contributed by atoms with van der Waals surface area (Å²) in [4.78, 5) is 16.2. The second-order valence-electron chi connectivity index (χ2n) is 2.90. The molecule has 4 heteroatoms. The number of para-hydroxylation sites is 1. The molecule has 0 radical (unpaired) electrons. The molecule has 0 bridgehead atoms. The molecule has 1 heterocycles. The first-order valence-corrected chi connectivity index (χ1v) is 4.14. The van der Waals surface area contributed by atoms with Crippen molar-refractivity contribution in [1.82, 2.24) is 0 Å². The van der Waals surface area contributed by atoms with Gasteiger partial charge in [-0.05, 0) is 12.1 Å². The molecule has 0 aromatic heterocycles. The summed E-state index contributed by atoms with van der Waals surface area (Å²) in [5.41, 5.74) is 1.28. The molecule has 0 atom stereocenters. The summed E-state index contributed by atoms with van der Waals surface area (Å²) in [6, 6.07) is 9.20. The van der Waals surface area contributed by atoms with Gasteiger partial charge in [0.25, 0.3) is 5.91 Å². The molecule has 2 rings (SSSR count). The SMILES string of the molecule is N#Cc1ccccc1N1C=NC(=O)C1. The maximum Gasteiger partial charge on any atom is 0.267 e. The van der Waals surface area contributed by atoms with Crippen molar-refractivity contribution in [3.63, 3.8) is 0 Å². The summed E-state index contributed by atoms with van der Waals surface area (Å²) in [5, 5.41) is 8.84. The van der Waals surface area contributed by atoms with E-state index in [2.05, 4.69) is 11.1 Å². The van der Waals surface area contributed by atoms with Crippen molar-refractivity contribution in [2.24, 2.45) is 4.99 Å². The van der Waals surface area contributed by atoms with E-state index in [1.807, 2.05) is 6.07 Å². The number of hydrogen-bond donors (Lipinski definition) is 0. The molecule has 14 heavy (non-hydrogen) atoms. The maximum absolute atomic E-state index is 10.9. The summed E-state index contributed by atoms with van der Waals surface area (Å²) in [6.45, 7) is 0.221. The van der Waals surface area contributed by atoms with Crippen LogP contribution in [0, 0.1) is 11.3 Å². The van der Waals surface area contributed by atoms with Crippen LogP contribution in [-0.4, -0.2) is 18.8 Å². The number of aliphatic imine (C=N–C) groups is 1. The van der Waals surface area contributed by atoms with Crippen LogP contribution < -0.4 is 4.90 Å². The van der Waals surface area contributed by atoms with Gasteiger partial charge in [0.15, 0.2) is 0 Å². The van der Waals surface area contributed by atoms with Crippen LogP contribution in [0.15, 0.2) is 29.3 Å². The lowest BCUT2D eigenvalue weighted by Crippen LogP contribution is -2.21. The van der Waals surface area contributed by atoms with E-state index >= 15 is 0 Å². The highest BCUT2D eigenvalue weighted by atomic mass is 16.1. The summed E-state index contributed by atoms with van der Waals surface area (Å²) in [5.74, 6) is -0.183. The van der Waals surface area contributed by atoms with E-state index in [1.165, 1.54) is 6.34 Å². The van der Waals surface area contributed by atoms with Gasteiger partial charge in [0.05, 0.1) is 17.6 Å². The van der Waals surface area contributed by atoms with Crippen molar-refractivity contribution < 1.29 is 4.79 Å². The summed E-state index contributed by atoms with van der Waals surface area (Å²) in [6.07, 6.45) is 1.46. The van der Waals surface area contributed by atoms with Crippen molar-refractivity contribution >= 4 is 17.9 Å². The van der Waals surface area contributed by atoms with E-state index in [4.69, 9.17) is 5.26 Å². The first kappa shape index (κ1) is 8.45. The lowest BCUT2D eigenvalue weighted by molar-refractivity contribution is -0.115. The Hall–Kier alpha value is -2.15. The van der Waals surface area contributed by atoms with Crippen LogP contribution in [0.1, 0.15) is 5.56 Å². The number of nitriles is 1. The number of carbonyl (C=O) groups is 1. The molecule has 1 amide bonds. The zero-order chi connectivity index (χ0) is 9.97. The number of nitrogens with zero attached hydrogens (tertiary/aromatic N) is 3. The Bertz CT molecular complexity index is 445. The Kier molecular flexibility index (Phi) is 1.99. The monoisotopic (exact) mass is 185 g/mol. The maximum atomic E-state index is 10.9. The largest absolute Gasteiger partial charge is 0.322 e. The van der Waals surface area contributed by atoms with Gasteiger partial charge in [-0.3, -0.25) is 4.79 Å². The molecule has 0 aliphatic carbocycles. The van der Waals surface area contributed by atoms with Crippen LogP contribution in [0.25, 0.3) is 0 Å². The van der Waals surface area contributed by atoms with Crippen LogP contribution in [0.5, 0.6) is 0 Å². The second kappa shape index (κ2) is 3.30. The van der Waals surface area contributed by atoms with Crippen LogP contribution >= 0.6 is 0 Å². The van der Waals surface area contributed by atoms with Gasteiger partial charge >= 0.3 is 0 Å². The highest BCUT2D eigenvalue weighted by molar-refractivity contribution is 6.02. The third kappa shape index (κ3) is 1.36. The minimum atomic E-state index is -0.183. The number of benzene rings is 1. The van der Waals surface area contributed by atoms with E-state index in [9.17, 15) is 4.79 Å². The fraction of sp³-hybridized carbons (Fsp3) is 0.100. The molecule has 0 saturated heterocycles. The van der Waals surface area contributed by atoms with E-state index in [-0.39, 0.29) is 12.5 Å². The first-order chi connectivity index (χ1) is 6.81. The normalized spacial score (nSPS) is 14.5. The van der Waals surface area contributed by atoms with Crippen molar-refractivity contribution in [2.45, 2.75) is 0 Å². The summed E-state index contributed by atoms with van der Waals surface area (Å²) in [7, 11) is 0. The summed E-state index contributed by atoms with van der Waals surface area (Å²) >= 11 is 0. The highest BCUT2D eigenvalue weighted by Crippen LogP contribution is 2.19. The quantitative estimate of drug-likeness (QED) is 0.654. The van der Waals surface area contributed by atoms with Crippen molar-refractivity contribution in [1.29, 1.82) is 5.26 Å². The molecule has 0 spiro atoms. The van der Waals surface area contributed by atoms with E-state index in [0.29, 0.717) is 5.56 Å². The average Bonchev–Trinajstić information content (AvgIpc) is 2.65. The van der Waals surface area contributed by atoms with Crippen LogP contribution in [0.4, 0.5) is 5.69 Å². The summed E-state index contributed by atoms with van der Waals surface area (Å²) < 4.78 is 0. The lowest BCUT2D eigenvalue weighted by Gasteiger charge is -2.13. The number of carbonyl (C=O) groups excluding carboxylic acids is 1. The van der Waals surface area contributed by atoms with E-state index in [1.54, 1.807) is 23.1 Å². The Morgan fingerprint density at radius 3 is 2.86 bits per heavy atom. The number of anilines is 1. The van der Waals surface area contributed by atoms with Gasteiger partial charge in [0.2, 0.25) is 0 Å². The lowest BCUT2D eigenvalue weighted by atomic mass is 10.2. The third-order valence-corrected chi connectivity index (χ3v) is 1.98. The van der Waals surface area contributed by atoms with Crippen molar-refractivity contribution in [3.05, 3.63) is 29.8 Å². The fourth-order valence-electron chi connectivity index (χ4n) is 1.33. The molecule has 1 aliphatic heterocycles. The van der Waals surface area contributed by atoms with Crippen LogP contribution in [0.2, 0.25) is 0 Å². The molecule has 1 aromatic rings. The molecule has 0 saturated carbocycles. The fourth-order valence-corrected chi connectivity index (χ4v) is 1.33. The van der Waals surface area contributed by atoms with E-state index in [0.717, 1.165) is 5.69 Å². The zero-order valence-corrected chi connectivity index (χ0v) is 7.34. The smallest absolute Gasteiger partial charge is 0.267 e. The molecule has 1 aromatic carbocycles. The van der Waals surface area contributed by atoms with Crippen molar-refractivity contribution in [3.8, 4) is 6.07 Å². The zero-order valence-electron chi connectivity index (χ0n) is 7.34. The molecular weight excluding hydrogens is 178 g/mol. The van der Waals surface area contributed by atoms with Crippen LogP contribution in [-0.2, 0) is 4.79 Å². The van der Waals surface area contributed by atoms with Crippen LogP contribution in [0.3, 0.4) is 0 Å². The Morgan fingerprint density at radius 2 is 2.21 bits per heavy atom. The van der Waals surface area contributed by atoms with E-state index < -0.39 is 0 Å². The Morgan fingerprint density at radius 1 is 1.43 bits per heavy atom. The minimum absolute atomic E-state index is 0.183. The van der Waals surface area contributed by atoms with Gasteiger partial charge in [-0.25, -0.2) is 4.99 Å². The second-order valence-corrected chi connectivity index (χ2v) is 2.90. The van der Waals surface area contributed by atoms with Gasteiger partial charge in [-0.15, -0.1) is 0 Å². The highest BCUT2D eigenvalue weighted by Gasteiger charge is 2.17. The first-order valence-electron chi connectivity index (χ1n) is 4.14. The van der Waals surface area contributed by atoms with Crippen molar-refractivity contribution in [2.75, 3.05) is 11.4 Å². The topological polar surface area (TPSA) is 56.5 Å². The van der Waals surface area contributed by atoms with Gasteiger partial charge in [-0.1, -0.05) is 12.1 Å². The van der Waals surface area contributed by atoms with Gasteiger partial charge < -0.3 is 4.90 Å². The number of amides is 1. The Labute approximate surface area is 81.1 Å². The molecular formula is C10H7N3O. The molecule has 1 aliphatic rings. The number of hydrogen-bond acceptors (Lipinski definition) is 3. The predicted octanol–water partition coefficient (Wildman–Crippen LogP) is 0.933. The third-order valence-electron chi connectivity index (χ3n) is 1.98.